The first-order chi connectivity index (χ1) is 11.7. The van der Waals surface area contributed by atoms with E-state index in [1.54, 1.807) is 0 Å². The smallest absolute Gasteiger partial charge is 0.193 e. The number of hydrogen-bond acceptors (Lipinski definition) is 2. The van der Waals surface area contributed by atoms with Crippen LogP contribution in [0.3, 0.4) is 0 Å². The number of fused-ring (bicyclic) bond motifs is 1. The van der Waals surface area contributed by atoms with Gasteiger partial charge in [0, 0.05) is 17.5 Å². The second kappa shape index (κ2) is 6.91. The third-order valence-electron chi connectivity index (χ3n) is 4.31. The Morgan fingerprint density at radius 3 is 2.46 bits per heavy atom. The number of nitrogens with zero attached hydrogens (tertiary/aromatic N) is 1. The Morgan fingerprint density at radius 1 is 1.04 bits per heavy atom. The maximum Gasteiger partial charge on any atom is 0.193 e. The van der Waals surface area contributed by atoms with Crippen molar-refractivity contribution in [1.82, 2.24) is 4.57 Å². The molecule has 0 fully saturated rings. The highest BCUT2D eigenvalue weighted by Crippen LogP contribution is 2.27. The second-order valence-corrected chi connectivity index (χ2v) is 5.94. The zero-order valence-electron chi connectivity index (χ0n) is 14.5. The number of hydrogen-bond donors (Lipinski definition) is 0. The Labute approximate surface area is 142 Å². The first-order valence-corrected chi connectivity index (χ1v) is 8.52. The zero-order valence-corrected chi connectivity index (χ0v) is 14.5. The summed E-state index contributed by atoms with van der Waals surface area (Å²) in [5, 5.41) is 0.725. The fourth-order valence-corrected chi connectivity index (χ4v) is 3.17. The van der Waals surface area contributed by atoms with E-state index in [1.165, 1.54) is 0 Å². The van der Waals surface area contributed by atoms with Crippen molar-refractivity contribution in [3.63, 3.8) is 0 Å². The Balaban J connectivity index is 2.29. The summed E-state index contributed by atoms with van der Waals surface area (Å²) in [6.45, 7) is 7.56. The molecule has 0 aliphatic rings. The van der Waals surface area contributed by atoms with E-state index >= 15 is 0 Å². The van der Waals surface area contributed by atoms with Gasteiger partial charge < -0.3 is 9.30 Å². The third-order valence-corrected chi connectivity index (χ3v) is 4.31. The number of ether oxygens (including phenoxy) is 1. The molecule has 3 rings (SSSR count). The van der Waals surface area contributed by atoms with E-state index < -0.39 is 0 Å². The van der Waals surface area contributed by atoms with Gasteiger partial charge >= 0.3 is 0 Å². The number of pyridine rings is 1. The average Bonchev–Trinajstić information content (AvgIpc) is 2.63. The number of benzene rings is 2. The van der Waals surface area contributed by atoms with E-state index in [4.69, 9.17) is 4.74 Å². The van der Waals surface area contributed by atoms with Crippen molar-refractivity contribution in [2.75, 3.05) is 6.61 Å². The van der Waals surface area contributed by atoms with E-state index in [0.29, 0.717) is 6.61 Å². The minimum Gasteiger partial charge on any atom is -0.494 e. The molecule has 3 nitrogen and oxygen atoms in total. The summed E-state index contributed by atoms with van der Waals surface area (Å²) in [6, 6.07) is 15.9. The van der Waals surface area contributed by atoms with Gasteiger partial charge in [0.05, 0.1) is 17.8 Å². The first kappa shape index (κ1) is 16.3. The molecule has 0 aliphatic heterocycles. The molecule has 0 saturated carbocycles. The van der Waals surface area contributed by atoms with Gasteiger partial charge in [0.25, 0.3) is 0 Å². The predicted octanol–water partition coefficient (Wildman–Crippen LogP) is 4.79. The minimum absolute atomic E-state index is 0.0792. The standard InChI is InChI=1S/C21H23NO2/c1-4-13-24-17-11-12-19-18(14-17)21(23)15(3)20(22(19)5-2)16-9-7-6-8-10-16/h6-12,14H,4-5,13H2,1-3H3. The fourth-order valence-electron chi connectivity index (χ4n) is 3.17. The van der Waals surface area contributed by atoms with Crippen LogP contribution in [0.4, 0.5) is 0 Å². The number of aryl methyl sites for hydroxylation is 1. The second-order valence-electron chi connectivity index (χ2n) is 5.94. The van der Waals surface area contributed by atoms with Crippen LogP contribution in [-0.4, -0.2) is 11.2 Å². The van der Waals surface area contributed by atoms with Gasteiger partial charge in [-0.1, -0.05) is 37.3 Å². The molecule has 1 heterocycles. The lowest BCUT2D eigenvalue weighted by atomic mass is 10.0. The van der Waals surface area contributed by atoms with E-state index in [1.807, 2.05) is 43.3 Å². The van der Waals surface area contributed by atoms with Gasteiger partial charge in [-0.25, -0.2) is 0 Å². The molecule has 0 amide bonds. The van der Waals surface area contributed by atoms with Crippen LogP contribution in [0.15, 0.2) is 53.3 Å². The lowest BCUT2D eigenvalue weighted by molar-refractivity contribution is 0.318. The van der Waals surface area contributed by atoms with Crippen LogP contribution in [0.25, 0.3) is 22.2 Å². The lowest BCUT2D eigenvalue weighted by Crippen LogP contribution is -2.16. The first-order valence-electron chi connectivity index (χ1n) is 8.52. The van der Waals surface area contributed by atoms with E-state index in [9.17, 15) is 4.79 Å². The van der Waals surface area contributed by atoms with Gasteiger partial charge in [0.1, 0.15) is 5.75 Å². The average molecular weight is 321 g/mol. The summed E-state index contributed by atoms with van der Waals surface area (Å²) in [4.78, 5) is 12.9. The highest BCUT2D eigenvalue weighted by Gasteiger charge is 2.15. The van der Waals surface area contributed by atoms with Crippen molar-refractivity contribution in [1.29, 1.82) is 0 Å². The molecular weight excluding hydrogens is 298 g/mol. The fraction of sp³-hybridized carbons (Fsp3) is 0.286. The molecule has 0 aliphatic carbocycles. The van der Waals surface area contributed by atoms with Gasteiger partial charge in [0.15, 0.2) is 5.43 Å². The van der Waals surface area contributed by atoms with E-state index in [0.717, 1.165) is 46.4 Å². The molecule has 3 heteroatoms. The molecule has 0 saturated heterocycles. The van der Waals surface area contributed by atoms with Crippen LogP contribution in [-0.2, 0) is 6.54 Å². The molecule has 0 atom stereocenters. The summed E-state index contributed by atoms with van der Waals surface area (Å²) < 4.78 is 7.91. The molecule has 0 unspecified atom stereocenters. The number of aromatic nitrogens is 1. The third kappa shape index (κ3) is 2.82. The van der Waals surface area contributed by atoms with E-state index in [2.05, 4.69) is 30.5 Å². The van der Waals surface area contributed by atoms with Crippen molar-refractivity contribution in [2.45, 2.75) is 33.7 Å². The van der Waals surface area contributed by atoms with Gasteiger partial charge in [-0.2, -0.15) is 0 Å². The van der Waals surface area contributed by atoms with Gasteiger partial charge in [-0.3, -0.25) is 4.79 Å². The SMILES string of the molecule is CCCOc1ccc2c(c1)c(=O)c(C)c(-c1ccccc1)n2CC. The van der Waals surface area contributed by atoms with Crippen molar-refractivity contribution in [3.8, 4) is 17.0 Å². The van der Waals surface area contributed by atoms with Crippen LogP contribution in [0.1, 0.15) is 25.8 Å². The monoisotopic (exact) mass is 321 g/mol. The van der Waals surface area contributed by atoms with Crippen LogP contribution < -0.4 is 10.2 Å². The zero-order chi connectivity index (χ0) is 17.1. The Morgan fingerprint density at radius 2 is 1.79 bits per heavy atom. The molecule has 24 heavy (non-hydrogen) atoms. The summed E-state index contributed by atoms with van der Waals surface area (Å²) in [5.74, 6) is 0.760. The molecule has 2 aromatic carbocycles. The molecule has 124 valence electrons. The summed E-state index contributed by atoms with van der Waals surface area (Å²) in [5.41, 5.74) is 3.88. The molecule has 0 bridgehead atoms. The van der Waals surface area contributed by atoms with Crippen LogP contribution in [0, 0.1) is 6.92 Å². The van der Waals surface area contributed by atoms with Crippen molar-refractivity contribution >= 4 is 10.9 Å². The van der Waals surface area contributed by atoms with Crippen molar-refractivity contribution < 1.29 is 4.74 Å². The Hall–Kier alpha value is -2.55. The molecular formula is C21H23NO2. The molecule has 3 aromatic rings. The van der Waals surface area contributed by atoms with E-state index in [-0.39, 0.29) is 5.43 Å². The molecule has 0 radical (unpaired) electrons. The maximum atomic E-state index is 12.9. The van der Waals surface area contributed by atoms with Gasteiger partial charge in [0.2, 0.25) is 0 Å². The lowest BCUT2D eigenvalue weighted by Gasteiger charge is -2.19. The molecule has 1 aromatic heterocycles. The molecule has 0 spiro atoms. The largest absolute Gasteiger partial charge is 0.494 e. The van der Waals surface area contributed by atoms with Crippen molar-refractivity contribution in [3.05, 3.63) is 64.3 Å². The Bertz CT molecular complexity index is 911. The maximum absolute atomic E-state index is 12.9. The Kier molecular flexibility index (Phi) is 4.70. The van der Waals surface area contributed by atoms with Gasteiger partial charge in [-0.05, 0) is 44.0 Å². The highest BCUT2D eigenvalue weighted by atomic mass is 16.5. The van der Waals surface area contributed by atoms with Crippen LogP contribution >= 0.6 is 0 Å². The van der Waals surface area contributed by atoms with Crippen molar-refractivity contribution in [2.24, 2.45) is 0 Å². The minimum atomic E-state index is 0.0792. The summed E-state index contributed by atoms with van der Waals surface area (Å²) in [7, 11) is 0. The highest BCUT2D eigenvalue weighted by molar-refractivity contribution is 5.85. The topological polar surface area (TPSA) is 31.2 Å². The van der Waals surface area contributed by atoms with Gasteiger partial charge in [-0.15, -0.1) is 0 Å². The number of rotatable bonds is 5. The molecule has 0 N–H and O–H groups in total. The summed E-state index contributed by atoms with van der Waals surface area (Å²) >= 11 is 0. The normalized spacial score (nSPS) is 11.0. The van der Waals surface area contributed by atoms with Crippen LogP contribution in [0.5, 0.6) is 5.75 Å². The quantitative estimate of drug-likeness (QED) is 0.677. The predicted molar refractivity (Wildman–Crippen MR) is 99.8 cm³/mol. The van der Waals surface area contributed by atoms with Crippen LogP contribution in [0.2, 0.25) is 0 Å². The summed E-state index contributed by atoms with van der Waals surface area (Å²) in [6.07, 6.45) is 0.948.